The van der Waals surface area contributed by atoms with E-state index in [0.717, 1.165) is 17.7 Å². The lowest BCUT2D eigenvalue weighted by atomic mass is 10.0. The number of halogens is 3. The second-order valence-electron chi connectivity index (χ2n) is 4.66. The summed E-state index contributed by atoms with van der Waals surface area (Å²) in [6, 6.07) is 3.40. The van der Waals surface area contributed by atoms with Gasteiger partial charge in [0.1, 0.15) is 0 Å². The highest BCUT2D eigenvalue weighted by Crippen LogP contribution is 2.39. The SMILES string of the molecule is [2H]C([2H])([2H])C1CN[C@H]2c3ccc(C(F)(F)F)cc3C[C@H]2O1. The molecule has 1 aromatic carbocycles. The molecule has 2 nitrogen and oxygen atoms in total. The fraction of sp³-hybridized carbons (Fsp3) is 0.538. The number of benzene rings is 1. The van der Waals surface area contributed by atoms with Crippen molar-refractivity contribution < 1.29 is 22.0 Å². The summed E-state index contributed by atoms with van der Waals surface area (Å²) in [6.07, 6.45) is -5.43. The zero-order chi connectivity index (χ0) is 15.4. The van der Waals surface area contributed by atoms with Gasteiger partial charge in [-0.3, -0.25) is 0 Å². The Morgan fingerprint density at radius 2 is 2.28 bits per heavy atom. The Hall–Kier alpha value is -1.07. The molecule has 2 aliphatic rings. The second kappa shape index (κ2) is 3.96. The maximum atomic E-state index is 12.7. The maximum Gasteiger partial charge on any atom is 0.416 e. The van der Waals surface area contributed by atoms with Crippen LogP contribution in [0.3, 0.4) is 0 Å². The number of nitrogens with one attached hydrogen (secondary N) is 1. The lowest BCUT2D eigenvalue weighted by Gasteiger charge is -2.32. The lowest BCUT2D eigenvalue weighted by Crippen LogP contribution is -2.44. The first-order valence-corrected chi connectivity index (χ1v) is 5.75. The number of hydrogen-bond acceptors (Lipinski definition) is 2. The molecular weight excluding hydrogens is 243 g/mol. The van der Waals surface area contributed by atoms with Crippen molar-refractivity contribution in [2.45, 2.75) is 37.7 Å². The van der Waals surface area contributed by atoms with Crippen molar-refractivity contribution in [1.82, 2.24) is 5.32 Å². The van der Waals surface area contributed by atoms with Crippen LogP contribution >= 0.6 is 0 Å². The number of alkyl halides is 3. The van der Waals surface area contributed by atoms with E-state index in [1.165, 1.54) is 6.07 Å². The summed E-state index contributed by atoms with van der Waals surface area (Å²) < 4.78 is 65.9. The molecule has 0 radical (unpaired) electrons. The van der Waals surface area contributed by atoms with E-state index >= 15 is 0 Å². The van der Waals surface area contributed by atoms with Crippen LogP contribution in [-0.4, -0.2) is 18.8 Å². The number of hydrogen-bond donors (Lipinski definition) is 1. The van der Waals surface area contributed by atoms with Crippen molar-refractivity contribution in [3.8, 4) is 0 Å². The third-order valence-corrected chi connectivity index (χ3v) is 3.46. The van der Waals surface area contributed by atoms with Crippen LogP contribution in [0.4, 0.5) is 13.2 Å². The Kier molecular flexibility index (Phi) is 1.97. The molecule has 0 bridgehead atoms. The van der Waals surface area contributed by atoms with E-state index in [0.29, 0.717) is 12.0 Å². The molecule has 0 aromatic heterocycles. The molecule has 1 N–H and O–H groups in total. The molecule has 1 aromatic rings. The zero-order valence-electron chi connectivity index (χ0n) is 12.4. The number of fused-ring (bicyclic) bond motifs is 3. The van der Waals surface area contributed by atoms with Crippen LogP contribution in [0.1, 0.15) is 33.7 Å². The molecule has 5 heteroatoms. The molecule has 1 fully saturated rings. The summed E-state index contributed by atoms with van der Waals surface area (Å²) in [4.78, 5) is 0. The first kappa shape index (κ1) is 8.93. The molecule has 3 atom stereocenters. The van der Waals surface area contributed by atoms with Gasteiger partial charge in [-0.25, -0.2) is 0 Å². The standard InChI is InChI=1S/C13H14F3NO/c1-7-6-17-12-10-3-2-9(13(14,15)16)4-8(10)5-11(12)18-7/h2-4,7,11-12,17H,5-6H2,1H3/t7?,11-,12+/m1/s1/i1D3. The van der Waals surface area contributed by atoms with Crippen LogP contribution in [0.15, 0.2) is 18.2 Å². The number of rotatable bonds is 0. The molecule has 3 rings (SSSR count). The number of ether oxygens (including phenoxy) is 1. The zero-order valence-corrected chi connectivity index (χ0v) is 9.42. The van der Waals surface area contributed by atoms with E-state index in [9.17, 15) is 13.2 Å². The van der Waals surface area contributed by atoms with Crippen LogP contribution in [0, 0.1) is 0 Å². The van der Waals surface area contributed by atoms with Gasteiger partial charge in [0.15, 0.2) is 0 Å². The van der Waals surface area contributed by atoms with Crippen molar-refractivity contribution in [3.05, 3.63) is 34.9 Å². The smallest absolute Gasteiger partial charge is 0.372 e. The second-order valence-corrected chi connectivity index (χ2v) is 4.66. The van der Waals surface area contributed by atoms with E-state index in [1.54, 1.807) is 0 Å². The Bertz CT molecular complexity index is 559. The predicted molar refractivity (Wildman–Crippen MR) is 60.2 cm³/mol. The van der Waals surface area contributed by atoms with Crippen molar-refractivity contribution >= 4 is 0 Å². The van der Waals surface area contributed by atoms with Gasteiger partial charge >= 0.3 is 6.18 Å². The van der Waals surface area contributed by atoms with Gasteiger partial charge < -0.3 is 10.1 Å². The molecule has 1 unspecified atom stereocenters. The van der Waals surface area contributed by atoms with Gasteiger partial charge in [-0.15, -0.1) is 0 Å². The van der Waals surface area contributed by atoms with E-state index in [4.69, 9.17) is 8.85 Å². The molecule has 1 heterocycles. The van der Waals surface area contributed by atoms with E-state index in [1.807, 2.05) is 0 Å². The Morgan fingerprint density at radius 3 is 3.00 bits per heavy atom. The fourth-order valence-corrected chi connectivity index (χ4v) is 2.66. The normalized spacial score (nSPS) is 34.2. The Balaban J connectivity index is 1.84. The topological polar surface area (TPSA) is 21.3 Å². The third-order valence-electron chi connectivity index (χ3n) is 3.46. The van der Waals surface area contributed by atoms with Gasteiger partial charge in [-0.2, -0.15) is 13.2 Å². The summed E-state index contributed by atoms with van der Waals surface area (Å²) in [7, 11) is 0. The quantitative estimate of drug-likeness (QED) is 0.774. The van der Waals surface area contributed by atoms with Crippen molar-refractivity contribution in [2.24, 2.45) is 0 Å². The van der Waals surface area contributed by atoms with E-state index < -0.39 is 30.8 Å². The van der Waals surface area contributed by atoms with Crippen LogP contribution < -0.4 is 5.32 Å². The molecule has 98 valence electrons. The molecule has 0 spiro atoms. The van der Waals surface area contributed by atoms with Gasteiger partial charge in [0.25, 0.3) is 0 Å². The summed E-state index contributed by atoms with van der Waals surface area (Å²) in [5, 5.41) is 3.09. The van der Waals surface area contributed by atoms with Gasteiger partial charge in [0, 0.05) is 17.1 Å². The molecule has 18 heavy (non-hydrogen) atoms. The minimum atomic E-state index is -4.38. The van der Waals surface area contributed by atoms with Crippen molar-refractivity contribution in [3.63, 3.8) is 0 Å². The average Bonchev–Trinajstić information content (AvgIpc) is 2.73. The summed E-state index contributed by atoms with van der Waals surface area (Å²) in [5.41, 5.74) is 0.641. The summed E-state index contributed by atoms with van der Waals surface area (Å²) in [6.45, 7) is -2.07. The Labute approximate surface area is 107 Å². The Morgan fingerprint density at radius 1 is 1.44 bits per heavy atom. The molecule has 1 aliphatic carbocycles. The lowest BCUT2D eigenvalue weighted by molar-refractivity contribution is -0.137. The van der Waals surface area contributed by atoms with Crippen LogP contribution in [0.5, 0.6) is 0 Å². The largest absolute Gasteiger partial charge is 0.416 e. The van der Waals surface area contributed by atoms with E-state index in [-0.39, 0.29) is 12.6 Å². The molecule has 0 saturated carbocycles. The van der Waals surface area contributed by atoms with Crippen molar-refractivity contribution in [2.75, 3.05) is 6.54 Å². The minimum Gasteiger partial charge on any atom is -0.372 e. The monoisotopic (exact) mass is 260 g/mol. The van der Waals surface area contributed by atoms with Gasteiger partial charge in [-0.1, -0.05) is 6.07 Å². The van der Waals surface area contributed by atoms with Crippen molar-refractivity contribution in [1.29, 1.82) is 0 Å². The van der Waals surface area contributed by atoms with E-state index in [2.05, 4.69) is 5.32 Å². The van der Waals surface area contributed by atoms with Gasteiger partial charge in [0.2, 0.25) is 0 Å². The third kappa shape index (κ3) is 1.91. The highest BCUT2D eigenvalue weighted by Gasteiger charge is 2.39. The van der Waals surface area contributed by atoms with Gasteiger partial charge in [0.05, 0.1) is 23.8 Å². The molecule has 1 aliphatic heterocycles. The van der Waals surface area contributed by atoms with Crippen LogP contribution in [-0.2, 0) is 17.3 Å². The predicted octanol–water partition coefficient (Wildman–Crippen LogP) is 2.68. The first-order chi connectivity index (χ1) is 9.66. The minimum absolute atomic E-state index is 0.165. The molecule has 0 amide bonds. The highest BCUT2D eigenvalue weighted by molar-refractivity contribution is 5.41. The summed E-state index contributed by atoms with van der Waals surface area (Å²) >= 11 is 0. The highest BCUT2D eigenvalue weighted by atomic mass is 19.4. The average molecular weight is 260 g/mol. The fourth-order valence-electron chi connectivity index (χ4n) is 2.66. The molecular formula is C13H14F3NO. The van der Waals surface area contributed by atoms with Crippen LogP contribution in [0.25, 0.3) is 0 Å². The van der Waals surface area contributed by atoms with Crippen LogP contribution in [0.2, 0.25) is 0 Å². The van der Waals surface area contributed by atoms with Gasteiger partial charge in [-0.05, 0) is 30.1 Å². The molecule has 1 saturated heterocycles. The maximum absolute atomic E-state index is 12.7. The number of morpholine rings is 1. The first-order valence-electron chi connectivity index (χ1n) is 7.25. The summed E-state index contributed by atoms with van der Waals surface area (Å²) in [5.74, 6) is 0.